The molecule has 0 spiro atoms. The van der Waals surface area contributed by atoms with E-state index in [1.54, 1.807) is 18.1 Å². The molecule has 22 heavy (non-hydrogen) atoms. The van der Waals surface area contributed by atoms with Crippen molar-refractivity contribution in [1.82, 2.24) is 4.90 Å². The Morgan fingerprint density at radius 2 is 2.27 bits per heavy atom. The second-order valence-electron chi connectivity index (χ2n) is 5.33. The fraction of sp³-hybridized carbons (Fsp3) is 0.471. The average Bonchev–Trinajstić information content (AvgIpc) is 2.53. The zero-order valence-electron chi connectivity index (χ0n) is 13.1. The number of ether oxygens (including phenoxy) is 2. The number of benzene rings is 1. The number of amides is 1. The highest BCUT2D eigenvalue weighted by molar-refractivity contribution is 5.78. The Labute approximate surface area is 131 Å². The van der Waals surface area contributed by atoms with Gasteiger partial charge in [0.05, 0.1) is 13.2 Å². The molecule has 1 fully saturated rings. The van der Waals surface area contributed by atoms with Gasteiger partial charge in [-0.25, -0.2) is 0 Å². The molecule has 1 aromatic carbocycles. The van der Waals surface area contributed by atoms with Crippen molar-refractivity contribution in [2.75, 3.05) is 26.8 Å². The minimum absolute atomic E-state index is 0.0496. The fourth-order valence-corrected chi connectivity index (χ4v) is 2.51. The summed E-state index contributed by atoms with van der Waals surface area (Å²) in [4.78, 5) is 13.8. The first-order valence-electron chi connectivity index (χ1n) is 7.53. The van der Waals surface area contributed by atoms with Crippen LogP contribution in [0.2, 0.25) is 0 Å². The monoisotopic (exact) mass is 305 g/mol. The highest BCUT2D eigenvalue weighted by Gasteiger charge is 2.22. The van der Waals surface area contributed by atoms with Crippen molar-refractivity contribution in [2.24, 2.45) is 0 Å². The molecular weight excluding hydrogens is 282 g/mol. The van der Waals surface area contributed by atoms with Crippen molar-refractivity contribution < 1.29 is 19.4 Å². The number of carbonyl (C=O) groups is 1. The number of β-amino-alcohol motifs (C(OH)–C–C–N with tert-alkyl or cyclic N) is 1. The van der Waals surface area contributed by atoms with Crippen LogP contribution in [-0.4, -0.2) is 48.8 Å². The first kappa shape index (κ1) is 16.4. The lowest BCUT2D eigenvalue weighted by Gasteiger charge is -2.30. The maximum absolute atomic E-state index is 12.1. The highest BCUT2D eigenvalue weighted by Crippen LogP contribution is 2.28. The second kappa shape index (κ2) is 7.84. The molecule has 0 radical (unpaired) electrons. The molecule has 1 aromatic rings. The SMILES string of the molecule is CC=Cc1ccc(OCC(=O)N2CCCC(O)C2)c(OC)c1. The zero-order chi connectivity index (χ0) is 15.9. The predicted octanol–water partition coefficient (Wildman–Crippen LogP) is 2.09. The number of nitrogens with zero attached hydrogens (tertiary/aromatic N) is 1. The van der Waals surface area contributed by atoms with Gasteiger partial charge in [0.1, 0.15) is 0 Å². The Kier molecular flexibility index (Phi) is 5.83. The number of likely N-dealkylation sites (tertiary alicyclic amines) is 1. The van der Waals surface area contributed by atoms with Crippen LogP contribution in [0.1, 0.15) is 25.3 Å². The molecule has 1 heterocycles. The normalized spacial score (nSPS) is 18.5. The minimum Gasteiger partial charge on any atom is -0.493 e. The van der Waals surface area contributed by atoms with Crippen LogP contribution < -0.4 is 9.47 Å². The molecular formula is C17H23NO4. The molecule has 0 saturated carbocycles. The minimum atomic E-state index is -0.424. The third-order valence-corrected chi connectivity index (χ3v) is 3.65. The van der Waals surface area contributed by atoms with Gasteiger partial charge in [0.25, 0.3) is 5.91 Å². The van der Waals surface area contributed by atoms with Gasteiger partial charge >= 0.3 is 0 Å². The van der Waals surface area contributed by atoms with E-state index in [0.717, 1.165) is 18.4 Å². The Morgan fingerprint density at radius 1 is 1.45 bits per heavy atom. The molecule has 1 saturated heterocycles. The number of piperidine rings is 1. The molecule has 0 aliphatic carbocycles. The van der Waals surface area contributed by atoms with Crippen LogP contribution in [0.5, 0.6) is 11.5 Å². The molecule has 1 N–H and O–H groups in total. The summed E-state index contributed by atoms with van der Waals surface area (Å²) in [7, 11) is 1.57. The van der Waals surface area contributed by atoms with Gasteiger partial charge < -0.3 is 19.5 Å². The van der Waals surface area contributed by atoms with E-state index in [1.807, 2.05) is 31.2 Å². The van der Waals surface area contributed by atoms with E-state index in [9.17, 15) is 9.90 Å². The van der Waals surface area contributed by atoms with Gasteiger partial charge in [0.15, 0.2) is 18.1 Å². The lowest BCUT2D eigenvalue weighted by molar-refractivity contribution is -0.136. The summed E-state index contributed by atoms with van der Waals surface area (Å²) in [5, 5.41) is 9.62. The lowest BCUT2D eigenvalue weighted by atomic mass is 10.1. The molecule has 2 rings (SSSR count). The van der Waals surface area contributed by atoms with Gasteiger partial charge in [0.2, 0.25) is 0 Å². The second-order valence-corrected chi connectivity index (χ2v) is 5.33. The Balaban J connectivity index is 1.97. The Morgan fingerprint density at radius 3 is 2.95 bits per heavy atom. The predicted molar refractivity (Wildman–Crippen MR) is 85.0 cm³/mol. The van der Waals surface area contributed by atoms with Crippen molar-refractivity contribution in [3.05, 3.63) is 29.8 Å². The van der Waals surface area contributed by atoms with Gasteiger partial charge in [-0.3, -0.25) is 4.79 Å². The maximum Gasteiger partial charge on any atom is 0.260 e. The number of rotatable bonds is 5. The van der Waals surface area contributed by atoms with E-state index >= 15 is 0 Å². The third-order valence-electron chi connectivity index (χ3n) is 3.65. The van der Waals surface area contributed by atoms with Gasteiger partial charge in [-0.2, -0.15) is 0 Å². The number of aliphatic hydroxyl groups is 1. The number of aliphatic hydroxyl groups excluding tert-OH is 1. The van der Waals surface area contributed by atoms with Gasteiger partial charge in [-0.15, -0.1) is 0 Å². The first-order chi connectivity index (χ1) is 10.6. The van der Waals surface area contributed by atoms with E-state index in [1.165, 1.54) is 0 Å². The summed E-state index contributed by atoms with van der Waals surface area (Å²) in [6.45, 7) is 2.96. The van der Waals surface area contributed by atoms with Gasteiger partial charge in [-0.1, -0.05) is 18.2 Å². The van der Waals surface area contributed by atoms with E-state index in [0.29, 0.717) is 24.6 Å². The van der Waals surface area contributed by atoms with E-state index in [2.05, 4.69) is 0 Å². The number of hydrogen-bond acceptors (Lipinski definition) is 4. The van der Waals surface area contributed by atoms with Gasteiger partial charge in [-0.05, 0) is 37.5 Å². The maximum atomic E-state index is 12.1. The van der Waals surface area contributed by atoms with Crippen LogP contribution in [0.25, 0.3) is 6.08 Å². The summed E-state index contributed by atoms with van der Waals surface area (Å²) in [5.41, 5.74) is 1.01. The number of methoxy groups -OCH3 is 1. The van der Waals surface area contributed by atoms with Gasteiger partial charge in [0, 0.05) is 13.1 Å². The Hall–Kier alpha value is -2.01. The highest BCUT2D eigenvalue weighted by atomic mass is 16.5. The van der Waals surface area contributed by atoms with Crippen LogP contribution in [-0.2, 0) is 4.79 Å². The topological polar surface area (TPSA) is 59.0 Å². The molecule has 5 heteroatoms. The molecule has 1 aliphatic heterocycles. The van der Waals surface area contributed by atoms with E-state index in [4.69, 9.17) is 9.47 Å². The van der Waals surface area contributed by atoms with Crippen LogP contribution in [0, 0.1) is 0 Å². The van der Waals surface area contributed by atoms with Crippen molar-refractivity contribution in [3.63, 3.8) is 0 Å². The van der Waals surface area contributed by atoms with Crippen molar-refractivity contribution in [3.8, 4) is 11.5 Å². The van der Waals surface area contributed by atoms with Crippen LogP contribution in [0.4, 0.5) is 0 Å². The largest absolute Gasteiger partial charge is 0.493 e. The van der Waals surface area contributed by atoms with E-state index in [-0.39, 0.29) is 12.5 Å². The fourth-order valence-electron chi connectivity index (χ4n) is 2.51. The van der Waals surface area contributed by atoms with E-state index < -0.39 is 6.10 Å². The molecule has 1 atom stereocenters. The molecule has 5 nitrogen and oxygen atoms in total. The quantitative estimate of drug-likeness (QED) is 0.905. The smallest absolute Gasteiger partial charge is 0.260 e. The molecule has 0 aromatic heterocycles. The Bertz CT molecular complexity index is 541. The molecule has 1 aliphatic rings. The molecule has 1 unspecified atom stereocenters. The summed E-state index contributed by atoms with van der Waals surface area (Å²) in [5.74, 6) is 1.03. The summed E-state index contributed by atoms with van der Waals surface area (Å²) in [6.07, 6.45) is 5.07. The molecule has 120 valence electrons. The number of hydrogen-bond donors (Lipinski definition) is 1. The molecule has 0 bridgehead atoms. The standard InChI is InChI=1S/C17H23NO4/c1-3-5-13-7-8-15(16(10-13)21-2)22-12-17(20)18-9-4-6-14(19)11-18/h3,5,7-8,10,14,19H,4,6,9,11-12H2,1-2H3. The van der Waals surface area contributed by atoms with Crippen LogP contribution in [0.3, 0.4) is 0 Å². The van der Waals surface area contributed by atoms with Crippen LogP contribution in [0.15, 0.2) is 24.3 Å². The average molecular weight is 305 g/mol. The van der Waals surface area contributed by atoms with Crippen molar-refractivity contribution in [1.29, 1.82) is 0 Å². The first-order valence-corrected chi connectivity index (χ1v) is 7.53. The number of allylic oxidation sites excluding steroid dienone is 1. The lowest BCUT2D eigenvalue weighted by Crippen LogP contribution is -2.44. The summed E-state index contributed by atoms with van der Waals surface area (Å²) in [6, 6.07) is 5.57. The zero-order valence-corrected chi connectivity index (χ0v) is 13.1. The summed E-state index contributed by atoms with van der Waals surface area (Å²) >= 11 is 0. The van der Waals surface area contributed by atoms with Crippen LogP contribution >= 0.6 is 0 Å². The molecule has 1 amide bonds. The third kappa shape index (κ3) is 4.24. The summed E-state index contributed by atoms with van der Waals surface area (Å²) < 4.78 is 10.9. The number of carbonyl (C=O) groups excluding carboxylic acids is 1. The van der Waals surface area contributed by atoms with Crippen molar-refractivity contribution >= 4 is 12.0 Å². The van der Waals surface area contributed by atoms with Crippen molar-refractivity contribution in [2.45, 2.75) is 25.9 Å².